The number of aliphatic imine (C=N–C) groups is 1. The van der Waals surface area contributed by atoms with Gasteiger partial charge in [0.1, 0.15) is 12.5 Å². The number of esters is 1. The maximum absolute atomic E-state index is 14.1. The average molecular weight is 680 g/mol. The standard InChI is InChI=1S/C41H46ClN3O4/c1-3-4-18-32(33-19-9-6-10-20-33)22-13-26-48-29-36-39(40(46)44-25-12-17-31-15-7-5-8-16-31)38(34-21-11-23-35(42)28-34)37(30(2)45-36)41(47)49-27-14-24-43/h5-12,15-17,19-21,23,28,32,37-38H,3-4,13-14,18,22,25-27,29H2,1-2H3,(H,44,46). The van der Waals surface area contributed by atoms with Crippen LogP contribution in [0.1, 0.15) is 80.9 Å². The monoisotopic (exact) mass is 679 g/mol. The van der Waals surface area contributed by atoms with Crippen LogP contribution in [-0.2, 0) is 19.1 Å². The zero-order valence-corrected chi connectivity index (χ0v) is 29.2. The van der Waals surface area contributed by atoms with Gasteiger partial charge in [0.25, 0.3) is 0 Å². The number of carbonyl (C=O) groups excluding carboxylic acids is 2. The Morgan fingerprint density at radius 3 is 2.45 bits per heavy atom. The number of nitrogens with one attached hydrogen (secondary N) is 1. The molecule has 256 valence electrons. The Morgan fingerprint density at radius 1 is 1.00 bits per heavy atom. The molecule has 3 atom stereocenters. The Morgan fingerprint density at radius 2 is 1.73 bits per heavy atom. The van der Waals surface area contributed by atoms with E-state index >= 15 is 0 Å². The van der Waals surface area contributed by atoms with Crippen LogP contribution in [-0.4, -0.2) is 44.0 Å². The molecule has 0 saturated heterocycles. The summed E-state index contributed by atoms with van der Waals surface area (Å²) in [5.41, 5.74) is 4.38. The highest BCUT2D eigenvalue weighted by Gasteiger charge is 2.42. The minimum Gasteiger partial charge on any atom is -0.464 e. The number of hydrogen-bond donors (Lipinski definition) is 1. The van der Waals surface area contributed by atoms with Crippen molar-refractivity contribution in [3.8, 4) is 6.07 Å². The molecule has 0 fully saturated rings. The number of nitriles is 1. The molecule has 3 aromatic carbocycles. The molecular formula is C41H46ClN3O4. The van der Waals surface area contributed by atoms with Gasteiger partial charge in [-0.15, -0.1) is 0 Å². The first kappa shape index (κ1) is 37.3. The Balaban J connectivity index is 1.59. The van der Waals surface area contributed by atoms with Gasteiger partial charge < -0.3 is 14.8 Å². The Bertz CT molecular complexity index is 1650. The first-order valence-electron chi connectivity index (χ1n) is 17.1. The fraction of sp³-hybridized carbons (Fsp3) is 0.366. The summed E-state index contributed by atoms with van der Waals surface area (Å²) < 4.78 is 11.7. The van der Waals surface area contributed by atoms with Gasteiger partial charge in [0.05, 0.1) is 24.8 Å². The lowest BCUT2D eigenvalue weighted by Crippen LogP contribution is -2.40. The minimum absolute atomic E-state index is 0.0465. The molecule has 0 aromatic heterocycles. The maximum atomic E-state index is 14.1. The summed E-state index contributed by atoms with van der Waals surface area (Å²) in [7, 11) is 0. The fourth-order valence-electron chi connectivity index (χ4n) is 6.23. The van der Waals surface area contributed by atoms with Crippen LogP contribution in [0.25, 0.3) is 6.08 Å². The van der Waals surface area contributed by atoms with Crippen LogP contribution in [0.15, 0.2) is 107 Å². The van der Waals surface area contributed by atoms with E-state index in [2.05, 4.69) is 36.5 Å². The highest BCUT2D eigenvalue weighted by atomic mass is 35.5. The summed E-state index contributed by atoms with van der Waals surface area (Å²) in [6.07, 6.45) is 9.19. The maximum Gasteiger partial charge on any atom is 0.315 e. The zero-order chi connectivity index (χ0) is 34.8. The summed E-state index contributed by atoms with van der Waals surface area (Å²) in [5.74, 6) is -2.04. The molecule has 1 N–H and O–H groups in total. The molecule has 1 heterocycles. The number of rotatable bonds is 18. The molecule has 7 nitrogen and oxygen atoms in total. The first-order valence-corrected chi connectivity index (χ1v) is 17.5. The molecule has 1 amide bonds. The Labute approximate surface area is 295 Å². The second-order valence-electron chi connectivity index (χ2n) is 12.2. The second kappa shape index (κ2) is 20.1. The lowest BCUT2D eigenvalue weighted by Gasteiger charge is -2.32. The van der Waals surface area contributed by atoms with Gasteiger partial charge in [-0.3, -0.25) is 14.6 Å². The highest BCUT2D eigenvalue weighted by molar-refractivity contribution is 6.30. The van der Waals surface area contributed by atoms with Crippen LogP contribution in [0.3, 0.4) is 0 Å². The van der Waals surface area contributed by atoms with E-state index in [0.29, 0.717) is 40.1 Å². The molecule has 0 spiro atoms. The zero-order valence-electron chi connectivity index (χ0n) is 28.4. The number of hydrogen-bond acceptors (Lipinski definition) is 6. The van der Waals surface area contributed by atoms with E-state index < -0.39 is 17.8 Å². The summed E-state index contributed by atoms with van der Waals surface area (Å²) in [5, 5.41) is 12.5. The Kier molecular flexibility index (Phi) is 15.3. The average Bonchev–Trinajstić information content (AvgIpc) is 3.11. The summed E-state index contributed by atoms with van der Waals surface area (Å²) in [4.78, 5) is 32.5. The van der Waals surface area contributed by atoms with Crippen molar-refractivity contribution in [1.82, 2.24) is 5.32 Å². The van der Waals surface area contributed by atoms with Crippen molar-refractivity contribution in [2.24, 2.45) is 10.9 Å². The summed E-state index contributed by atoms with van der Waals surface area (Å²) in [6, 6.07) is 29.6. The topological polar surface area (TPSA) is 101 Å². The van der Waals surface area contributed by atoms with E-state index in [0.717, 1.165) is 31.2 Å². The van der Waals surface area contributed by atoms with Crippen molar-refractivity contribution in [3.05, 3.63) is 124 Å². The first-order chi connectivity index (χ1) is 23.9. The normalized spacial score (nSPS) is 16.6. The van der Waals surface area contributed by atoms with Crippen molar-refractivity contribution in [1.29, 1.82) is 5.26 Å². The smallest absolute Gasteiger partial charge is 0.315 e. The molecule has 0 saturated carbocycles. The van der Waals surface area contributed by atoms with Gasteiger partial charge >= 0.3 is 5.97 Å². The predicted octanol–water partition coefficient (Wildman–Crippen LogP) is 8.83. The van der Waals surface area contributed by atoms with E-state index in [1.807, 2.05) is 60.7 Å². The number of ether oxygens (including phenoxy) is 2. The van der Waals surface area contributed by atoms with Crippen LogP contribution in [0.5, 0.6) is 0 Å². The SMILES string of the molecule is CCCCC(CCCOCC1=C(C(=O)NCC=Cc2ccccc2)C(c2cccc(Cl)c2)C(C(=O)OCCC#N)C(C)=N1)c1ccccc1. The predicted molar refractivity (Wildman–Crippen MR) is 196 cm³/mol. The molecule has 0 aliphatic carbocycles. The molecular weight excluding hydrogens is 634 g/mol. The Hall–Kier alpha value is -4.51. The second-order valence-corrected chi connectivity index (χ2v) is 12.6. The number of amides is 1. The fourth-order valence-corrected chi connectivity index (χ4v) is 6.42. The van der Waals surface area contributed by atoms with E-state index in [9.17, 15) is 9.59 Å². The van der Waals surface area contributed by atoms with E-state index in [1.165, 1.54) is 12.0 Å². The van der Waals surface area contributed by atoms with Gasteiger partial charge in [0, 0.05) is 35.4 Å². The largest absolute Gasteiger partial charge is 0.464 e. The molecule has 0 radical (unpaired) electrons. The molecule has 0 bridgehead atoms. The summed E-state index contributed by atoms with van der Waals surface area (Å²) in [6.45, 7) is 4.82. The number of nitrogens with zero attached hydrogens (tertiary/aromatic N) is 2. The number of unbranched alkanes of at least 4 members (excludes halogenated alkanes) is 1. The number of carbonyl (C=O) groups is 2. The molecule has 3 aromatic rings. The van der Waals surface area contributed by atoms with Crippen molar-refractivity contribution in [3.63, 3.8) is 0 Å². The van der Waals surface area contributed by atoms with Gasteiger partial charge in [-0.25, -0.2) is 0 Å². The minimum atomic E-state index is -0.883. The highest BCUT2D eigenvalue weighted by Crippen LogP contribution is 2.40. The third-order valence-electron chi connectivity index (χ3n) is 8.63. The summed E-state index contributed by atoms with van der Waals surface area (Å²) >= 11 is 6.44. The number of halogens is 1. The van der Waals surface area contributed by atoms with Crippen molar-refractivity contribution < 1.29 is 19.1 Å². The van der Waals surface area contributed by atoms with Crippen LogP contribution in [0, 0.1) is 17.2 Å². The quantitative estimate of drug-likeness (QED) is 0.107. The molecule has 3 unspecified atom stereocenters. The van der Waals surface area contributed by atoms with Crippen LogP contribution in [0.2, 0.25) is 5.02 Å². The molecule has 8 heteroatoms. The molecule has 49 heavy (non-hydrogen) atoms. The number of benzene rings is 3. The van der Waals surface area contributed by atoms with Crippen LogP contribution >= 0.6 is 11.6 Å². The third kappa shape index (κ3) is 11.3. The van der Waals surface area contributed by atoms with Gasteiger partial charge in [0.15, 0.2) is 0 Å². The molecule has 4 rings (SSSR count). The van der Waals surface area contributed by atoms with Crippen LogP contribution in [0.4, 0.5) is 0 Å². The lowest BCUT2D eigenvalue weighted by atomic mass is 9.75. The van der Waals surface area contributed by atoms with E-state index in [1.54, 1.807) is 25.1 Å². The van der Waals surface area contributed by atoms with Gasteiger partial charge in [-0.1, -0.05) is 116 Å². The van der Waals surface area contributed by atoms with Crippen molar-refractivity contribution in [2.75, 3.05) is 26.4 Å². The van der Waals surface area contributed by atoms with E-state index in [4.69, 9.17) is 31.3 Å². The van der Waals surface area contributed by atoms with E-state index in [-0.39, 0.29) is 32.1 Å². The molecule has 1 aliphatic heterocycles. The third-order valence-corrected chi connectivity index (χ3v) is 8.86. The van der Waals surface area contributed by atoms with Crippen molar-refractivity contribution in [2.45, 2.75) is 64.2 Å². The van der Waals surface area contributed by atoms with Gasteiger partial charge in [-0.2, -0.15) is 5.26 Å². The lowest BCUT2D eigenvalue weighted by molar-refractivity contribution is -0.146. The van der Waals surface area contributed by atoms with Gasteiger partial charge in [0.2, 0.25) is 5.91 Å². The van der Waals surface area contributed by atoms with Gasteiger partial charge in [-0.05, 0) is 60.9 Å². The van der Waals surface area contributed by atoms with Crippen molar-refractivity contribution >= 4 is 35.3 Å². The van der Waals surface area contributed by atoms with Crippen LogP contribution < -0.4 is 5.32 Å². The molecule has 1 aliphatic rings.